The van der Waals surface area contributed by atoms with Gasteiger partial charge in [-0.25, -0.2) is 0 Å². The molecular formula is C24H38GdN4O14. The molecule has 4 N–H and O–H groups in total. The predicted octanol–water partition coefficient (Wildman–Crippen LogP) is -2.51. The number of hydrogen-bond acceptors (Lipinski definition) is 12. The summed E-state index contributed by atoms with van der Waals surface area (Å²) in [6, 6.07) is 0. The van der Waals surface area contributed by atoms with Gasteiger partial charge in [-0.05, 0) is 6.42 Å². The molecule has 0 heterocycles. The van der Waals surface area contributed by atoms with Gasteiger partial charge < -0.3 is 39.7 Å². The maximum Gasteiger partial charge on any atom is 0.323 e. The third kappa shape index (κ3) is 22.2. The standard InChI is InChI=1S/C24H38N4O14.Gd/c1-3-4-24(40)42-10-8-26(12-19(31)28(15-22(36)37)16-23(38)39)6-5-25(7-9-41-17(2)29)11-18(30)27(13-20(32)33)14-21(34)35;/h3-16H2,1-2H3,(H,32,33)(H,34,35)(H,36,37)(H,38,39);. The molecule has 18 nitrogen and oxygen atoms in total. The first-order valence-electron chi connectivity index (χ1n) is 12.8. The molecule has 246 valence electrons. The van der Waals surface area contributed by atoms with E-state index in [0.717, 1.165) is 6.92 Å². The molecule has 0 bridgehead atoms. The van der Waals surface area contributed by atoms with Crippen LogP contribution in [0.25, 0.3) is 0 Å². The zero-order chi connectivity index (χ0) is 32.2. The second-order valence-electron chi connectivity index (χ2n) is 8.94. The largest absolute Gasteiger partial charge is 0.480 e. The quantitative estimate of drug-likeness (QED) is 0.0785. The van der Waals surface area contributed by atoms with E-state index >= 15 is 0 Å². The molecule has 0 aliphatic carbocycles. The fourth-order valence-corrected chi connectivity index (χ4v) is 3.41. The summed E-state index contributed by atoms with van der Waals surface area (Å²) in [5, 5.41) is 36.2. The third-order valence-corrected chi connectivity index (χ3v) is 5.30. The van der Waals surface area contributed by atoms with E-state index in [1.165, 1.54) is 9.80 Å². The summed E-state index contributed by atoms with van der Waals surface area (Å²) >= 11 is 0. The van der Waals surface area contributed by atoms with E-state index in [-0.39, 0.29) is 85.8 Å². The van der Waals surface area contributed by atoms with Crippen LogP contribution < -0.4 is 0 Å². The Labute approximate surface area is 279 Å². The van der Waals surface area contributed by atoms with Gasteiger partial charge in [-0.15, -0.1) is 0 Å². The van der Waals surface area contributed by atoms with Gasteiger partial charge in [0.1, 0.15) is 39.4 Å². The van der Waals surface area contributed by atoms with Crippen LogP contribution in [0.5, 0.6) is 0 Å². The number of ether oxygens (including phenoxy) is 2. The van der Waals surface area contributed by atoms with Crippen molar-refractivity contribution in [2.45, 2.75) is 26.7 Å². The molecule has 43 heavy (non-hydrogen) atoms. The van der Waals surface area contributed by atoms with Crippen molar-refractivity contribution in [2.75, 3.05) is 78.7 Å². The summed E-state index contributed by atoms with van der Waals surface area (Å²) < 4.78 is 10.0. The van der Waals surface area contributed by atoms with E-state index in [2.05, 4.69) is 0 Å². The molecule has 0 fully saturated rings. The van der Waals surface area contributed by atoms with Crippen molar-refractivity contribution in [1.82, 2.24) is 19.6 Å². The van der Waals surface area contributed by atoms with Crippen molar-refractivity contribution in [3.05, 3.63) is 0 Å². The summed E-state index contributed by atoms with van der Waals surface area (Å²) in [5.41, 5.74) is 0. The molecule has 0 saturated heterocycles. The Morgan fingerprint density at radius 1 is 0.558 bits per heavy atom. The molecule has 0 aliphatic heterocycles. The number of amides is 2. The zero-order valence-corrected chi connectivity index (χ0v) is 26.2. The van der Waals surface area contributed by atoms with Crippen LogP contribution in [-0.4, -0.2) is 166 Å². The summed E-state index contributed by atoms with van der Waals surface area (Å²) in [6.07, 6.45) is 0.686. The van der Waals surface area contributed by atoms with E-state index in [4.69, 9.17) is 29.9 Å². The van der Waals surface area contributed by atoms with Crippen LogP contribution in [-0.2, 0) is 47.8 Å². The van der Waals surface area contributed by atoms with Crippen LogP contribution in [0.1, 0.15) is 26.7 Å². The van der Waals surface area contributed by atoms with Crippen LogP contribution in [0.15, 0.2) is 0 Å². The Morgan fingerprint density at radius 2 is 0.907 bits per heavy atom. The summed E-state index contributed by atoms with van der Waals surface area (Å²) in [6.45, 7) is -2.05. The molecule has 2 amide bonds. The van der Waals surface area contributed by atoms with Gasteiger partial charge in [0.15, 0.2) is 0 Å². The smallest absolute Gasteiger partial charge is 0.323 e. The number of esters is 2. The Bertz CT molecular complexity index is 948. The van der Waals surface area contributed by atoms with Gasteiger partial charge in [0.2, 0.25) is 11.8 Å². The molecular weight excluding hydrogens is 726 g/mol. The first-order chi connectivity index (χ1) is 19.6. The third-order valence-electron chi connectivity index (χ3n) is 5.30. The van der Waals surface area contributed by atoms with Gasteiger partial charge in [0, 0.05) is 79.5 Å². The molecule has 0 saturated carbocycles. The SMILES string of the molecule is CCCC(=O)OCCN(CCN(CCOC(C)=O)CC(=O)N(CC(=O)O)CC(=O)O)CC(=O)N(CC(=O)O)CC(=O)O.[Gd]. The number of rotatable bonds is 23. The molecule has 0 radical (unpaired) electrons. The van der Waals surface area contributed by atoms with E-state index < -0.39 is 86.9 Å². The fraction of sp³-hybridized carbons (Fsp3) is 0.667. The fourth-order valence-electron chi connectivity index (χ4n) is 3.41. The van der Waals surface area contributed by atoms with E-state index in [1.807, 2.05) is 0 Å². The van der Waals surface area contributed by atoms with E-state index in [0.29, 0.717) is 16.2 Å². The molecule has 0 aliphatic rings. The average molecular weight is 764 g/mol. The molecule has 0 spiro atoms. The van der Waals surface area contributed by atoms with Gasteiger partial charge in [0.25, 0.3) is 0 Å². The molecule has 0 unspecified atom stereocenters. The van der Waals surface area contributed by atoms with Crippen LogP contribution in [0, 0.1) is 39.9 Å². The van der Waals surface area contributed by atoms with Crippen molar-refractivity contribution < 1.29 is 108 Å². The number of aliphatic carboxylic acids is 4. The van der Waals surface area contributed by atoms with Crippen molar-refractivity contribution in [1.29, 1.82) is 0 Å². The van der Waals surface area contributed by atoms with Crippen molar-refractivity contribution in [3.8, 4) is 0 Å². The van der Waals surface area contributed by atoms with E-state index in [9.17, 15) is 38.4 Å². The topological polar surface area (TPSA) is 249 Å². The van der Waals surface area contributed by atoms with Gasteiger partial charge in [-0.3, -0.25) is 48.2 Å². The number of nitrogens with zero attached hydrogens (tertiary/aromatic N) is 4. The second-order valence-corrected chi connectivity index (χ2v) is 8.94. The van der Waals surface area contributed by atoms with Gasteiger partial charge >= 0.3 is 35.8 Å². The van der Waals surface area contributed by atoms with Crippen molar-refractivity contribution in [2.24, 2.45) is 0 Å². The maximum atomic E-state index is 12.8. The number of carbonyl (C=O) groups excluding carboxylic acids is 4. The summed E-state index contributed by atoms with van der Waals surface area (Å²) in [4.78, 5) is 97.1. The molecule has 19 heteroatoms. The van der Waals surface area contributed by atoms with Crippen molar-refractivity contribution in [3.63, 3.8) is 0 Å². The summed E-state index contributed by atoms with van der Waals surface area (Å²) in [7, 11) is 0. The van der Waals surface area contributed by atoms with E-state index in [1.54, 1.807) is 6.92 Å². The molecule has 0 aromatic carbocycles. The van der Waals surface area contributed by atoms with Crippen LogP contribution in [0.2, 0.25) is 0 Å². The Balaban J connectivity index is 0. The maximum absolute atomic E-state index is 12.8. The Morgan fingerprint density at radius 3 is 1.21 bits per heavy atom. The zero-order valence-electron chi connectivity index (χ0n) is 23.9. The number of carboxylic acids is 4. The summed E-state index contributed by atoms with van der Waals surface area (Å²) in [5.74, 6) is -8.56. The van der Waals surface area contributed by atoms with Gasteiger partial charge in [-0.2, -0.15) is 0 Å². The molecule has 0 aromatic heterocycles. The normalized spacial score (nSPS) is 10.4. The van der Waals surface area contributed by atoms with Crippen LogP contribution in [0.4, 0.5) is 0 Å². The Hall–Kier alpha value is -3.00. The minimum absolute atomic E-state index is 0. The predicted molar refractivity (Wildman–Crippen MR) is 139 cm³/mol. The first-order valence-corrected chi connectivity index (χ1v) is 12.8. The number of hydrogen-bond donors (Lipinski definition) is 4. The minimum atomic E-state index is -1.44. The minimum Gasteiger partial charge on any atom is -0.480 e. The Kier molecular flexibility index (Phi) is 23.0. The monoisotopic (exact) mass is 764 g/mol. The van der Waals surface area contributed by atoms with Crippen LogP contribution in [0.3, 0.4) is 0 Å². The average Bonchev–Trinajstić information content (AvgIpc) is 2.84. The van der Waals surface area contributed by atoms with Gasteiger partial charge in [0.05, 0.1) is 13.1 Å². The van der Waals surface area contributed by atoms with Crippen molar-refractivity contribution >= 4 is 47.6 Å². The van der Waals surface area contributed by atoms with Crippen LogP contribution >= 0.6 is 0 Å². The molecule has 0 rings (SSSR count). The first kappa shape index (κ1) is 42.1. The molecule has 0 aromatic rings. The second kappa shape index (κ2) is 23.5. The number of carboxylic acid groups (broad SMARTS) is 4. The van der Waals surface area contributed by atoms with Gasteiger partial charge in [-0.1, -0.05) is 6.92 Å². The number of carbonyl (C=O) groups is 8. The molecule has 0 atom stereocenters.